The lowest BCUT2D eigenvalue weighted by atomic mass is 10.1. The first-order valence-electron chi connectivity index (χ1n) is 5.21. The van der Waals surface area contributed by atoms with E-state index in [0.717, 1.165) is 18.8 Å². The molecular weight excluding hydrogens is 172 g/mol. The molecule has 0 aromatic heterocycles. The number of hydrogen-bond acceptors (Lipinski definition) is 2. The number of aryl methyl sites for hydroxylation is 2. The van der Waals surface area contributed by atoms with E-state index >= 15 is 0 Å². The SMILES string of the molecule is CCN(CC)c1cc(N)c(C)cc1C. The highest BCUT2D eigenvalue weighted by atomic mass is 15.1. The van der Waals surface area contributed by atoms with Crippen molar-refractivity contribution in [3.05, 3.63) is 23.3 Å². The number of anilines is 2. The summed E-state index contributed by atoms with van der Waals surface area (Å²) in [4.78, 5) is 2.32. The van der Waals surface area contributed by atoms with E-state index < -0.39 is 0 Å². The quantitative estimate of drug-likeness (QED) is 0.746. The van der Waals surface area contributed by atoms with Crippen LogP contribution < -0.4 is 10.6 Å². The number of nitrogen functional groups attached to an aromatic ring is 1. The predicted molar refractivity (Wildman–Crippen MR) is 63.9 cm³/mol. The summed E-state index contributed by atoms with van der Waals surface area (Å²) in [6, 6.07) is 4.24. The Balaban J connectivity index is 3.14. The third-order valence-corrected chi connectivity index (χ3v) is 2.69. The zero-order chi connectivity index (χ0) is 10.7. The highest BCUT2D eigenvalue weighted by Crippen LogP contribution is 2.25. The van der Waals surface area contributed by atoms with Gasteiger partial charge in [-0.15, -0.1) is 0 Å². The van der Waals surface area contributed by atoms with Gasteiger partial charge in [0.1, 0.15) is 0 Å². The van der Waals surface area contributed by atoms with Gasteiger partial charge in [0.15, 0.2) is 0 Å². The van der Waals surface area contributed by atoms with Gasteiger partial charge in [-0.1, -0.05) is 6.07 Å². The van der Waals surface area contributed by atoms with Crippen LogP contribution in [0, 0.1) is 13.8 Å². The van der Waals surface area contributed by atoms with E-state index in [9.17, 15) is 0 Å². The van der Waals surface area contributed by atoms with Gasteiger partial charge in [0.25, 0.3) is 0 Å². The second-order valence-corrected chi connectivity index (χ2v) is 3.67. The van der Waals surface area contributed by atoms with Crippen molar-refractivity contribution in [2.24, 2.45) is 0 Å². The number of benzene rings is 1. The van der Waals surface area contributed by atoms with Crippen LogP contribution in [0.2, 0.25) is 0 Å². The van der Waals surface area contributed by atoms with Crippen LogP contribution in [0.1, 0.15) is 25.0 Å². The van der Waals surface area contributed by atoms with Crippen molar-refractivity contribution < 1.29 is 0 Å². The summed E-state index contributed by atoms with van der Waals surface area (Å²) in [5.41, 5.74) is 10.5. The molecule has 0 fully saturated rings. The maximum atomic E-state index is 5.91. The van der Waals surface area contributed by atoms with Crippen molar-refractivity contribution >= 4 is 11.4 Å². The lowest BCUT2D eigenvalue weighted by Crippen LogP contribution is -2.22. The van der Waals surface area contributed by atoms with Crippen LogP contribution >= 0.6 is 0 Å². The topological polar surface area (TPSA) is 29.3 Å². The molecule has 2 heteroatoms. The number of nitrogens with two attached hydrogens (primary N) is 1. The Morgan fingerprint density at radius 1 is 1.07 bits per heavy atom. The molecule has 1 rings (SSSR count). The van der Waals surface area contributed by atoms with E-state index in [1.807, 2.05) is 6.92 Å². The van der Waals surface area contributed by atoms with Crippen molar-refractivity contribution in [1.82, 2.24) is 0 Å². The molecule has 0 heterocycles. The minimum Gasteiger partial charge on any atom is -0.398 e. The lowest BCUT2D eigenvalue weighted by Gasteiger charge is -2.24. The molecule has 0 aliphatic carbocycles. The van der Waals surface area contributed by atoms with E-state index in [1.165, 1.54) is 16.8 Å². The fourth-order valence-electron chi connectivity index (χ4n) is 1.76. The van der Waals surface area contributed by atoms with Crippen LogP contribution in [0.25, 0.3) is 0 Å². The van der Waals surface area contributed by atoms with Crippen LogP contribution in [0.5, 0.6) is 0 Å². The molecule has 0 bridgehead atoms. The standard InChI is InChI=1S/C12H20N2/c1-5-14(6-2)12-8-11(13)9(3)7-10(12)4/h7-8H,5-6,13H2,1-4H3. The van der Waals surface area contributed by atoms with Crippen molar-refractivity contribution in [3.8, 4) is 0 Å². The molecule has 1 aromatic carbocycles. The number of hydrogen-bond donors (Lipinski definition) is 1. The smallest absolute Gasteiger partial charge is 0.0416 e. The zero-order valence-corrected chi connectivity index (χ0v) is 9.59. The summed E-state index contributed by atoms with van der Waals surface area (Å²) in [6.07, 6.45) is 0. The summed E-state index contributed by atoms with van der Waals surface area (Å²) < 4.78 is 0. The average molecular weight is 192 g/mol. The zero-order valence-electron chi connectivity index (χ0n) is 9.59. The maximum Gasteiger partial charge on any atom is 0.0416 e. The first-order chi connectivity index (χ1) is 6.60. The van der Waals surface area contributed by atoms with Gasteiger partial charge in [-0.05, 0) is 44.9 Å². The fraction of sp³-hybridized carbons (Fsp3) is 0.500. The Morgan fingerprint density at radius 2 is 1.64 bits per heavy atom. The van der Waals surface area contributed by atoms with Gasteiger partial charge in [-0.3, -0.25) is 0 Å². The average Bonchev–Trinajstić information content (AvgIpc) is 2.15. The van der Waals surface area contributed by atoms with Gasteiger partial charge in [0.05, 0.1) is 0 Å². The second-order valence-electron chi connectivity index (χ2n) is 3.67. The summed E-state index contributed by atoms with van der Waals surface area (Å²) in [5, 5.41) is 0. The molecule has 0 amide bonds. The fourth-order valence-corrected chi connectivity index (χ4v) is 1.76. The molecule has 78 valence electrons. The van der Waals surface area contributed by atoms with Gasteiger partial charge in [-0.2, -0.15) is 0 Å². The third kappa shape index (κ3) is 2.00. The molecule has 0 aliphatic heterocycles. The Hall–Kier alpha value is -1.18. The van der Waals surface area contributed by atoms with Crippen molar-refractivity contribution in [2.45, 2.75) is 27.7 Å². The normalized spacial score (nSPS) is 10.3. The van der Waals surface area contributed by atoms with Gasteiger partial charge in [-0.25, -0.2) is 0 Å². The first-order valence-corrected chi connectivity index (χ1v) is 5.21. The Morgan fingerprint density at radius 3 is 2.14 bits per heavy atom. The molecule has 0 radical (unpaired) electrons. The van der Waals surface area contributed by atoms with Crippen molar-refractivity contribution in [2.75, 3.05) is 23.7 Å². The van der Waals surface area contributed by atoms with Crippen molar-refractivity contribution in [1.29, 1.82) is 0 Å². The molecule has 0 saturated heterocycles. The van der Waals surface area contributed by atoms with Crippen LogP contribution in [-0.4, -0.2) is 13.1 Å². The van der Waals surface area contributed by atoms with Gasteiger partial charge < -0.3 is 10.6 Å². The van der Waals surface area contributed by atoms with Gasteiger partial charge >= 0.3 is 0 Å². The van der Waals surface area contributed by atoms with Crippen LogP contribution in [0.4, 0.5) is 11.4 Å². The van der Waals surface area contributed by atoms with Gasteiger partial charge in [0.2, 0.25) is 0 Å². The Kier molecular flexibility index (Phi) is 3.39. The largest absolute Gasteiger partial charge is 0.398 e. The maximum absolute atomic E-state index is 5.91. The molecule has 0 saturated carbocycles. The summed E-state index contributed by atoms with van der Waals surface area (Å²) in [7, 11) is 0. The summed E-state index contributed by atoms with van der Waals surface area (Å²) in [5.74, 6) is 0. The third-order valence-electron chi connectivity index (χ3n) is 2.69. The van der Waals surface area contributed by atoms with Crippen molar-refractivity contribution in [3.63, 3.8) is 0 Å². The minimum atomic E-state index is 0.887. The van der Waals surface area contributed by atoms with Gasteiger partial charge in [0, 0.05) is 24.5 Å². The Bertz CT molecular complexity index is 314. The van der Waals surface area contributed by atoms with E-state index in [2.05, 4.69) is 37.8 Å². The molecule has 0 unspecified atom stereocenters. The van der Waals surface area contributed by atoms with E-state index in [0.29, 0.717) is 0 Å². The first kappa shape index (κ1) is 10.9. The predicted octanol–water partition coefficient (Wildman–Crippen LogP) is 2.73. The van der Waals surface area contributed by atoms with E-state index in [4.69, 9.17) is 5.73 Å². The number of nitrogens with zero attached hydrogens (tertiary/aromatic N) is 1. The molecule has 1 aromatic rings. The monoisotopic (exact) mass is 192 g/mol. The summed E-state index contributed by atoms with van der Waals surface area (Å²) >= 11 is 0. The van der Waals surface area contributed by atoms with E-state index in [1.54, 1.807) is 0 Å². The van der Waals surface area contributed by atoms with Crippen LogP contribution in [0.15, 0.2) is 12.1 Å². The minimum absolute atomic E-state index is 0.887. The highest BCUT2D eigenvalue weighted by molar-refractivity contribution is 5.64. The Labute approximate surface area is 86.7 Å². The molecule has 0 aliphatic rings. The second kappa shape index (κ2) is 4.36. The molecule has 14 heavy (non-hydrogen) atoms. The lowest BCUT2D eigenvalue weighted by molar-refractivity contribution is 0.862. The molecule has 2 nitrogen and oxygen atoms in total. The van der Waals surface area contributed by atoms with E-state index in [-0.39, 0.29) is 0 Å². The molecular formula is C12H20N2. The molecule has 2 N–H and O–H groups in total. The summed E-state index contributed by atoms with van der Waals surface area (Å²) in [6.45, 7) is 10.6. The highest BCUT2D eigenvalue weighted by Gasteiger charge is 2.07. The van der Waals surface area contributed by atoms with Crippen LogP contribution in [0.3, 0.4) is 0 Å². The number of rotatable bonds is 3. The molecule has 0 spiro atoms. The molecule has 0 atom stereocenters. The van der Waals surface area contributed by atoms with Crippen LogP contribution in [-0.2, 0) is 0 Å².